The van der Waals surface area contributed by atoms with Crippen molar-refractivity contribution in [1.29, 1.82) is 0 Å². The molecule has 3 nitrogen and oxygen atoms in total. The predicted molar refractivity (Wildman–Crippen MR) is 246 cm³/mol. The summed E-state index contributed by atoms with van der Waals surface area (Å²) in [5.41, 5.74) is 14.0. The topological polar surface area (TPSA) is 19.6 Å². The number of furan rings is 1. The van der Waals surface area contributed by atoms with E-state index in [4.69, 9.17) is 16.0 Å². The number of hydrogen-bond acceptors (Lipinski definition) is 3. The number of nitrogens with zero attached hydrogens (tertiary/aromatic N) is 2. The van der Waals surface area contributed by atoms with Crippen LogP contribution in [0.25, 0.3) is 44.2 Å². The van der Waals surface area contributed by atoms with Gasteiger partial charge in [0.15, 0.2) is 0 Å². The number of rotatable bonds is 6. The molecule has 2 unspecified atom stereocenters. The Morgan fingerprint density at radius 2 is 1.26 bits per heavy atom. The first kappa shape index (κ1) is 36.6. The number of halogens is 1. The van der Waals surface area contributed by atoms with E-state index in [0.29, 0.717) is 5.02 Å². The molecule has 2 heterocycles. The summed E-state index contributed by atoms with van der Waals surface area (Å²) in [5, 5.41) is 2.90. The van der Waals surface area contributed by atoms with Crippen molar-refractivity contribution >= 4 is 62.0 Å². The molecule has 7 aromatic carbocycles. The first-order valence-electron chi connectivity index (χ1n) is 20.8. The Labute approximate surface area is 347 Å². The lowest BCUT2D eigenvalue weighted by Gasteiger charge is -2.50. The molecular formula is C54H49ClN2O. The molecule has 58 heavy (non-hydrogen) atoms. The molecule has 0 N–H and O–H groups in total. The van der Waals surface area contributed by atoms with Gasteiger partial charge in [0.1, 0.15) is 11.2 Å². The van der Waals surface area contributed by atoms with Gasteiger partial charge in [-0.1, -0.05) is 155 Å². The monoisotopic (exact) mass is 776 g/mol. The van der Waals surface area contributed by atoms with Gasteiger partial charge in [-0.25, -0.2) is 0 Å². The van der Waals surface area contributed by atoms with Crippen molar-refractivity contribution < 1.29 is 4.42 Å². The van der Waals surface area contributed by atoms with Gasteiger partial charge >= 0.3 is 0 Å². The summed E-state index contributed by atoms with van der Waals surface area (Å²) >= 11 is 7.92. The Kier molecular flexibility index (Phi) is 8.62. The first-order chi connectivity index (χ1) is 28.0. The highest BCUT2D eigenvalue weighted by Gasteiger charge is 2.57. The average molecular weight is 777 g/mol. The van der Waals surface area contributed by atoms with Gasteiger partial charge < -0.3 is 14.2 Å². The molecule has 1 aliphatic heterocycles. The Bertz CT molecular complexity index is 2840. The third-order valence-electron chi connectivity index (χ3n) is 13.4. The molecule has 2 atom stereocenters. The molecule has 1 saturated carbocycles. The fourth-order valence-electron chi connectivity index (χ4n) is 10.1. The van der Waals surface area contributed by atoms with Crippen molar-refractivity contribution in [1.82, 2.24) is 0 Å². The second-order valence-electron chi connectivity index (χ2n) is 17.8. The number of para-hydroxylation sites is 2. The maximum absolute atomic E-state index is 7.92. The lowest BCUT2D eigenvalue weighted by atomic mass is 9.61. The van der Waals surface area contributed by atoms with Gasteiger partial charge in [-0.2, -0.15) is 0 Å². The first-order valence-corrected chi connectivity index (χ1v) is 21.1. The van der Waals surface area contributed by atoms with E-state index in [2.05, 4.69) is 190 Å². The van der Waals surface area contributed by atoms with Gasteiger partial charge in [-0.05, 0) is 96.0 Å². The van der Waals surface area contributed by atoms with Crippen LogP contribution in [-0.4, -0.2) is 5.54 Å². The van der Waals surface area contributed by atoms with Crippen molar-refractivity contribution in [3.05, 3.63) is 174 Å². The van der Waals surface area contributed by atoms with Crippen molar-refractivity contribution in [2.75, 3.05) is 9.80 Å². The van der Waals surface area contributed by atoms with E-state index in [9.17, 15) is 0 Å². The zero-order valence-electron chi connectivity index (χ0n) is 34.0. The smallest absolute Gasteiger partial charge is 0.137 e. The fraction of sp³-hybridized carbons (Fsp3) is 0.222. The largest absolute Gasteiger partial charge is 0.456 e. The van der Waals surface area contributed by atoms with Crippen LogP contribution < -0.4 is 9.80 Å². The summed E-state index contributed by atoms with van der Waals surface area (Å²) in [6.07, 6.45) is 4.70. The summed E-state index contributed by atoms with van der Waals surface area (Å²) < 4.78 is 6.58. The molecule has 0 bridgehead atoms. The van der Waals surface area contributed by atoms with Gasteiger partial charge in [0.05, 0.1) is 21.9 Å². The average Bonchev–Trinajstić information content (AvgIpc) is 3.71. The molecule has 0 spiro atoms. The van der Waals surface area contributed by atoms with Crippen molar-refractivity contribution in [3.8, 4) is 22.3 Å². The standard InChI is InChI=1S/C54H49ClN2O/c1-52(2,3)38-26-29-46(43(32-38)36-18-8-6-9-19-36)56(39-27-28-42-41-22-12-15-25-49(41)58-50(42)35-39)48-34-40(33-44(51(48)55)37-20-10-7-11-21-37)57-47-24-14-13-23-45(47)53(4)30-16-17-31-54(53,57)5/h6-15,18-29,32-35H,16-17,30-31H2,1-5H3. The van der Waals surface area contributed by atoms with E-state index in [1.54, 1.807) is 0 Å². The summed E-state index contributed by atoms with van der Waals surface area (Å²) in [6.45, 7) is 11.8. The second-order valence-corrected chi connectivity index (χ2v) is 18.2. The second kappa shape index (κ2) is 13.7. The molecule has 1 fully saturated rings. The highest BCUT2D eigenvalue weighted by molar-refractivity contribution is 6.36. The minimum absolute atomic E-state index is 0.00380. The van der Waals surface area contributed by atoms with Crippen LogP contribution in [-0.2, 0) is 10.8 Å². The van der Waals surface area contributed by atoms with Crippen LogP contribution in [0, 0.1) is 0 Å². The lowest BCUT2D eigenvalue weighted by Crippen LogP contribution is -2.54. The van der Waals surface area contributed by atoms with Crippen molar-refractivity contribution in [2.24, 2.45) is 0 Å². The van der Waals surface area contributed by atoms with Gasteiger partial charge in [0.25, 0.3) is 0 Å². The van der Waals surface area contributed by atoms with E-state index >= 15 is 0 Å². The molecule has 1 aliphatic carbocycles. The third-order valence-corrected chi connectivity index (χ3v) is 13.8. The summed E-state index contributed by atoms with van der Waals surface area (Å²) in [7, 11) is 0. The predicted octanol–water partition coefficient (Wildman–Crippen LogP) is 16.1. The summed E-state index contributed by atoms with van der Waals surface area (Å²) in [4.78, 5) is 5.04. The molecule has 0 amide bonds. The molecule has 0 saturated heterocycles. The number of benzene rings is 7. The Morgan fingerprint density at radius 1 is 0.603 bits per heavy atom. The van der Waals surface area contributed by atoms with Crippen LogP contribution in [0.2, 0.25) is 5.02 Å². The molecule has 1 aromatic heterocycles. The van der Waals surface area contributed by atoms with Crippen LogP contribution in [0.4, 0.5) is 28.4 Å². The highest BCUT2D eigenvalue weighted by atomic mass is 35.5. The maximum Gasteiger partial charge on any atom is 0.137 e. The van der Waals surface area contributed by atoms with E-state index in [1.165, 1.54) is 29.7 Å². The summed E-state index contributed by atoms with van der Waals surface area (Å²) in [6, 6.07) is 57.1. The summed E-state index contributed by atoms with van der Waals surface area (Å²) in [5.74, 6) is 0. The fourth-order valence-corrected chi connectivity index (χ4v) is 10.4. The van der Waals surface area contributed by atoms with Crippen LogP contribution in [0.5, 0.6) is 0 Å². The minimum atomic E-state index is -0.129. The molecule has 0 radical (unpaired) electrons. The Balaban J connectivity index is 1.29. The van der Waals surface area contributed by atoms with E-state index in [0.717, 1.165) is 79.8 Å². The van der Waals surface area contributed by atoms with E-state index in [-0.39, 0.29) is 16.4 Å². The lowest BCUT2D eigenvalue weighted by molar-refractivity contribution is 0.195. The number of fused-ring (bicyclic) bond motifs is 6. The van der Waals surface area contributed by atoms with Crippen LogP contribution >= 0.6 is 11.6 Å². The SMILES string of the molecule is CC(C)(C)c1ccc(N(c2ccc3c(c2)oc2ccccc23)c2cc(N3c4ccccc4C4(C)CCCCC34C)cc(-c3ccccc3)c2Cl)c(-c2ccccc2)c1. The van der Waals surface area contributed by atoms with E-state index in [1.807, 2.05) is 12.1 Å². The van der Waals surface area contributed by atoms with Gasteiger partial charge in [0.2, 0.25) is 0 Å². The zero-order valence-corrected chi connectivity index (χ0v) is 34.8. The molecule has 10 rings (SSSR count). The quantitative estimate of drug-likeness (QED) is 0.168. The van der Waals surface area contributed by atoms with Crippen LogP contribution in [0.1, 0.15) is 71.4 Å². The van der Waals surface area contributed by atoms with Crippen molar-refractivity contribution in [2.45, 2.75) is 76.7 Å². The third kappa shape index (κ3) is 5.69. The maximum atomic E-state index is 7.92. The zero-order chi connectivity index (χ0) is 39.8. The molecule has 2 aliphatic rings. The van der Waals surface area contributed by atoms with Gasteiger partial charge in [0, 0.05) is 50.4 Å². The number of hydrogen-bond donors (Lipinski definition) is 0. The van der Waals surface area contributed by atoms with Crippen LogP contribution in [0.15, 0.2) is 162 Å². The molecule has 8 aromatic rings. The Morgan fingerprint density at radius 3 is 2.02 bits per heavy atom. The van der Waals surface area contributed by atoms with Gasteiger partial charge in [-0.15, -0.1) is 0 Å². The molecular weight excluding hydrogens is 728 g/mol. The highest BCUT2D eigenvalue weighted by Crippen LogP contribution is 2.62. The normalized spacial score (nSPS) is 19.0. The minimum Gasteiger partial charge on any atom is -0.456 e. The Hall–Kier alpha value is -5.77. The van der Waals surface area contributed by atoms with Crippen LogP contribution in [0.3, 0.4) is 0 Å². The molecule has 4 heteroatoms. The number of anilines is 5. The van der Waals surface area contributed by atoms with E-state index < -0.39 is 0 Å². The molecule has 288 valence electrons. The van der Waals surface area contributed by atoms with Crippen molar-refractivity contribution in [3.63, 3.8) is 0 Å². The van der Waals surface area contributed by atoms with Gasteiger partial charge in [-0.3, -0.25) is 0 Å².